The smallest absolute Gasteiger partial charge is 0.230 e. The zero-order valence-corrected chi connectivity index (χ0v) is 12.5. The fraction of sp³-hybridized carbons (Fsp3) is 0.250. The molecule has 0 saturated carbocycles. The first-order valence-corrected chi connectivity index (χ1v) is 6.82. The molecule has 0 aliphatic carbocycles. The van der Waals surface area contributed by atoms with Crippen LogP contribution in [0, 0.1) is 5.92 Å². The molecule has 5 nitrogen and oxygen atoms in total. The Hall–Kier alpha value is -1.40. The summed E-state index contributed by atoms with van der Waals surface area (Å²) < 4.78 is 2.51. The zero-order chi connectivity index (χ0) is 13.8. The van der Waals surface area contributed by atoms with Crippen molar-refractivity contribution in [2.75, 3.05) is 5.32 Å². The van der Waals surface area contributed by atoms with Crippen molar-refractivity contribution in [2.24, 2.45) is 5.92 Å². The molecule has 0 saturated heterocycles. The molecule has 0 fully saturated rings. The van der Waals surface area contributed by atoms with Gasteiger partial charge in [0.2, 0.25) is 5.91 Å². The van der Waals surface area contributed by atoms with Crippen LogP contribution in [-0.4, -0.2) is 20.7 Å². The summed E-state index contributed by atoms with van der Waals surface area (Å²) >= 11 is 9.06. The average molecular weight is 344 g/mol. The Morgan fingerprint density at radius 1 is 1.53 bits per heavy atom. The molecular formula is C12H12BrClN4O. The first kappa shape index (κ1) is 14.0. The lowest BCUT2D eigenvalue weighted by molar-refractivity contribution is -0.119. The fourth-order valence-electron chi connectivity index (χ4n) is 1.50. The second-order valence-electron chi connectivity index (χ2n) is 4.13. The molecule has 1 unspecified atom stereocenters. The highest BCUT2D eigenvalue weighted by molar-refractivity contribution is 9.10. The topological polar surface area (TPSA) is 59.8 Å². The van der Waals surface area contributed by atoms with Crippen molar-refractivity contribution in [1.29, 1.82) is 0 Å². The first-order valence-electron chi connectivity index (χ1n) is 5.65. The number of carbonyl (C=O) groups is 1. The highest BCUT2D eigenvalue weighted by Gasteiger charge is 2.14. The number of pyridine rings is 1. The summed E-state index contributed by atoms with van der Waals surface area (Å²) in [4.78, 5) is 16.1. The Kier molecular flexibility index (Phi) is 4.55. The van der Waals surface area contributed by atoms with Crippen molar-refractivity contribution in [3.8, 4) is 0 Å². The third kappa shape index (κ3) is 4.04. The van der Waals surface area contributed by atoms with Crippen LogP contribution in [0.4, 0.5) is 5.82 Å². The molecule has 2 rings (SSSR count). The van der Waals surface area contributed by atoms with Gasteiger partial charge in [-0.25, -0.2) is 4.98 Å². The second-order valence-corrected chi connectivity index (χ2v) is 5.48. The molecule has 19 heavy (non-hydrogen) atoms. The lowest BCUT2D eigenvalue weighted by Gasteiger charge is -2.11. The molecule has 7 heteroatoms. The van der Waals surface area contributed by atoms with Gasteiger partial charge in [-0.2, -0.15) is 5.10 Å². The Labute approximate surface area is 124 Å². The molecule has 1 N–H and O–H groups in total. The fourth-order valence-corrected chi connectivity index (χ4v) is 1.89. The van der Waals surface area contributed by atoms with Crippen molar-refractivity contribution < 1.29 is 4.79 Å². The van der Waals surface area contributed by atoms with Crippen LogP contribution in [0.25, 0.3) is 0 Å². The molecule has 0 aromatic carbocycles. The third-order valence-electron chi connectivity index (χ3n) is 2.49. The number of carbonyl (C=O) groups excluding carboxylic acids is 1. The molecule has 100 valence electrons. The Morgan fingerprint density at radius 3 is 2.89 bits per heavy atom. The van der Waals surface area contributed by atoms with Gasteiger partial charge in [-0.15, -0.1) is 0 Å². The number of rotatable bonds is 4. The molecule has 0 bridgehead atoms. The maximum atomic E-state index is 12.0. The molecular weight excluding hydrogens is 332 g/mol. The van der Waals surface area contributed by atoms with E-state index in [0.29, 0.717) is 17.4 Å². The van der Waals surface area contributed by atoms with Gasteiger partial charge in [0.1, 0.15) is 5.82 Å². The highest BCUT2D eigenvalue weighted by Crippen LogP contribution is 2.12. The van der Waals surface area contributed by atoms with Gasteiger partial charge >= 0.3 is 0 Å². The molecule has 1 atom stereocenters. The molecule has 0 spiro atoms. The Bertz CT molecular complexity index is 569. The van der Waals surface area contributed by atoms with Crippen LogP contribution in [0.15, 0.2) is 35.2 Å². The predicted octanol–water partition coefficient (Wildman–Crippen LogP) is 2.97. The lowest BCUT2D eigenvalue weighted by atomic mass is 10.1. The molecule has 0 radical (unpaired) electrons. The van der Waals surface area contributed by atoms with Crippen LogP contribution in [-0.2, 0) is 11.3 Å². The highest BCUT2D eigenvalue weighted by atomic mass is 79.9. The summed E-state index contributed by atoms with van der Waals surface area (Å²) in [5.74, 6) is 0.182. The van der Waals surface area contributed by atoms with E-state index in [0.717, 1.165) is 4.47 Å². The standard InChI is InChI=1S/C12H12BrClN4O/c1-8(6-18-7-10(14)5-16-18)12(19)17-11-3-2-9(13)4-15-11/h2-5,7-8H,6H2,1H3,(H,15,17,19). The Balaban J connectivity index is 1.94. The van der Waals surface area contributed by atoms with E-state index in [1.54, 1.807) is 29.3 Å². The van der Waals surface area contributed by atoms with E-state index in [1.165, 1.54) is 0 Å². The number of anilines is 1. The van der Waals surface area contributed by atoms with Crippen LogP contribution in [0.1, 0.15) is 6.92 Å². The van der Waals surface area contributed by atoms with Crippen molar-refractivity contribution in [3.05, 3.63) is 40.2 Å². The number of nitrogens with zero attached hydrogens (tertiary/aromatic N) is 3. The first-order chi connectivity index (χ1) is 9.04. The number of hydrogen-bond acceptors (Lipinski definition) is 3. The van der Waals surface area contributed by atoms with Crippen LogP contribution >= 0.6 is 27.5 Å². The van der Waals surface area contributed by atoms with Crippen molar-refractivity contribution >= 4 is 39.3 Å². The number of aromatic nitrogens is 3. The number of nitrogens with one attached hydrogen (secondary N) is 1. The summed E-state index contributed by atoms with van der Waals surface area (Å²) in [6.07, 6.45) is 4.86. The molecule has 0 aliphatic rings. The SMILES string of the molecule is CC(Cn1cc(Cl)cn1)C(=O)Nc1ccc(Br)cn1. The summed E-state index contributed by atoms with van der Waals surface area (Å²) in [5.41, 5.74) is 0. The van der Waals surface area contributed by atoms with Crippen LogP contribution < -0.4 is 5.32 Å². The van der Waals surface area contributed by atoms with Gasteiger partial charge in [0, 0.05) is 16.9 Å². The van der Waals surface area contributed by atoms with Crippen molar-refractivity contribution in [3.63, 3.8) is 0 Å². The quantitative estimate of drug-likeness (QED) is 0.928. The van der Waals surface area contributed by atoms with Crippen LogP contribution in [0.3, 0.4) is 0 Å². The van der Waals surface area contributed by atoms with Gasteiger partial charge in [0.25, 0.3) is 0 Å². The van der Waals surface area contributed by atoms with Gasteiger partial charge < -0.3 is 5.32 Å². The van der Waals surface area contributed by atoms with Gasteiger partial charge in [0.05, 0.1) is 23.7 Å². The molecule has 2 heterocycles. The van der Waals surface area contributed by atoms with Crippen molar-refractivity contribution in [1.82, 2.24) is 14.8 Å². The van der Waals surface area contributed by atoms with Crippen LogP contribution in [0.2, 0.25) is 5.02 Å². The number of amides is 1. The normalized spacial score (nSPS) is 12.2. The minimum Gasteiger partial charge on any atom is -0.310 e. The second kappa shape index (κ2) is 6.16. The van der Waals surface area contributed by atoms with E-state index < -0.39 is 0 Å². The molecule has 0 aliphatic heterocycles. The summed E-state index contributed by atoms with van der Waals surface area (Å²) in [5, 5.41) is 7.35. The summed E-state index contributed by atoms with van der Waals surface area (Å²) in [7, 11) is 0. The predicted molar refractivity (Wildman–Crippen MR) is 77.0 cm³/mol. The Morgan fingerprint density at radius 2 is 2.32 bits per heavy atom. The summed E-state index contributed by atoms with van der Waals surface area (Å²) in [6.45, 7) is 2.29. The number of halogens is 2. The average Bonchev–Trinajstić information content (AvgIpc) is 2.77. The van der Waals surface area contributed by atoms with E-state index in [4.69, 9.17) is 11.6 Å². The monoisotopic (exact) mass is 342 g/mol. The van der Waals surface area contributed by atoms with E-state index in [1.807, 2.05) is 13.0 Å². The zero-order valence-electron chi connectivity index (χ0n) is 10.2. The van der Waals surface area contributed by atoms with Gasteiger partial charge in [-0.3, -0.25) is 9.48 Å². The van der Waals surface area contributed by atoms with Gasteiger partial charge in [-0.05, 0) is 28.1 Å². The number of hydrogen-bond donors (Lipinski definition) is 1. The van der Waals surface area contributed by atoms with E-state index in [2.05, 4.69) is 31.3 Å². The minimum absolute atomic E-state index is 0.110. The van der Waals surface area contributed by atoms with Gasteiger partial charge in [-0.1, -0.05) is 18.5 Å². The van der Waals surface area contributed by atoms with E-state index in [9.17, 15) is 4.79 Å². The largest absolute Gasteiger partial charge is 0.310 e. The third-order valence-corrected chi connectivity index (χ3v) is 3.15. The van der Waals surface area contributed by atoms with E-state index in [-0.39, 0.29) is 11.8 Å². The molecule has 2 aromatic heterocycles. The van der Waals surface area contributed by atoms with E-state index >= 15 is 0 Å². The summed E-state index contributed by atoms with van der Waals surface area (Å²) in [6, 6.07) is 3.56. The van der Waals surface area contributed by atoms with Gasteiger partial charge in [0.15, 0.2) is 0 Å². The lowest BCUT2D eigenvalue weighted by Crippen LogP contribution is -2.25. The molecule has 1 amide bonds. The van der Waals surface area contributed by atoms with Crippen LogP contribution in [0.5, 0.6) is 0 Å². The molecule has 2 aromatic rings. The minimum atomic E-state index is -0.235. The maximum Gasteiger partial charge on any atom is 0.230 e. The van der Waals surface area contributed by atoms with Crippen molar-refractivity contribution in [2.45, 2.75) is 13.5 Å². The maximum absolute atomic E-state index is 12.0.